The molecule has 10 heteroatoms. The summed E-state index contributed by atoms with van der Waals surface area (Å²) in [5, 5.41) is 0.156. The van der Waals surface area contributed by atoms with Gasteiger partial charge in [-0.1, -0.05) is 39.1 Å². The summed E-state index contributed by atoms with van der Waals surface area (Å²) < 4.78 is 28.0. The van der Waals surface area contributed by atoms with E-state index in [2.05, 4.69) is 25.6 Å². The number of primary amides is 1. The second-order valence-electron chi connectivity index (χ2n) is 6.32. The summed E-state index contributed by atoms with van der Waals surface area (Å²) in [6.07, 6.45) is 3.14. The summed E-state index contributed by atoms with van der Waals surface area (Å²) in [6, 6.07) is 3.00. The third-order valence-corrected chi connectivity index (χ3v) is 7.25. The molecule has 0 aromatic heterocycles. The Hall–Kier alpha value is -0.380. The molecule has 1 saturated heterocycles. The zero-order chi connectivity index (χ0) is 19.3. The van der Waals surface area contributed by atoms with Gasteiger partial charge in [0.15, 0.2) is 0 Å². The number of halogens is 3. The number of carbonyl (C=O) groups excluding carboxylic acids is 1. The number of piperidine rings is 1. The predicted molar refractivity (Wildman–Crippen MR) is 107 cm³/mol. The summed E-state index contributed by atoms with van der Waals surface area (Å²) in [7, 11) is -3.76. The Morgan fingerprint density at radius 2 is 1.81 bits per heavy atom. The third kappa shape index (κ3) is 6.07. The molecule has 0 bridgehead atoms. The van der Waals surface area contributed by atoms with E-state index in [1.165, 1.54) is 12.1 Å². The molecule has 1 aliphatic heterocycles. The smallest absolute Gasteiger partial charge is 0.243 e. The average Bonchev–Trinajstić information content (AvgIpc) is 2.53. The highest BCUT2D eigenvalue weighted by molar-refractivity contribution is 9.10. The normalized spacial score (nSPS) is 16.7. The summed E-state index contributed by atoms with van der Waals surface area (Å²) in [5.74, 6) is -0.234. The second-order valence-corrected chi connectivity index (χ2v) is 9.76. The molecular weight excluding hydrogens is 465 g/mol. The van der Waals surface area contributed by atoms with E-state index in [9.17, 15) is 13.2 Å². The second kappa shape index (κ2) is 9.71. The van der Waals surface area contributed by atoms with Gasteiger partial charge in [-0.05, 0) is 57.5 Å². The molecule has 0 atom stereocenters. The van der Waals surface area contributed by atoms with Crippen molar-refractivity contribution in [3.63, 3.8) is 0 Å². The molecule has 146 valence electrons. The molecule has 26 heavy (non-hydrogen) atoms. The fourth-order valence-corrected chi connectivity index (χ4v) is 5.97. The minimum absolute atomic E-state index is 0.0153. The van der Waals surface area contributed by atoms with Gasteiger partial charge >= 0.3 is 0 Å². The van der Waals surface area contributed by atoms with Crippen molar-refractivity contribution in [3.8, 4) is 0 Å². The van der Waals surface area contributed by atoms with E-state index in [1.807, 2.05) is 0 Å². The lowest BCUT2D eigenvalue weighted by Crippen LogP contribution is -2.39. The number of unbranched alkanes of at least 4 members (excludes halogenated alkanes) is 1. The average molecular weight is 487 g/mol. The summed E-state index contributed by atoms with van der Waals surface area (Å²) in [6.45, 7) is 2.88. The number of amides is 1. The fraction of sp³-hybridized carbons (Fsp3) is 0.562. The van der Waals surface area contributed by atoms with E-state index >= 15 is 0 Å². The van der Waals surface area contributed by atoms with E-state index in [0.717, 1.165) is 38.9 Å². The number of carbonyl (C=O) groups is 1. The lowest BCUT2D eigenvalue weighted by atomic mass is 9.96. The lowest BCUT2D eigenvalue weighted by Gasteiger charge is -2.30. The first-order valence-electron chi connectivity index (χ1n) is 8.36. The highest BCUT2D eigenvalue weighted by atomic mass is 79.9. The topological polar surface area (TPSA) is 92.5 Å². The van der Waals surface area contributed by atoms with E-state index in [4.69, 9.17) is 28.9 Å². The van der Waals surface area contributed by atoms with E-state index in [1.54, 1.807) is 0 Å². The Morgan fingerprint density at radius 1 is 1.23 bits per heavy atom. The first-order chi connectivity index (χ1) is 12.2. The number of benzene rings is 1. The number of nitrogens with one attached hydrogen (secondary N) is 1. The molecule has 0 aliphatic carbocycles. The molecule has 1 aliphatic rings. The number of likely N-dealkylation sites (tertiary alicyclic amines) is 1. The van der Waals surface area contributed by atoms with Gasteiger partial charge in [0.2, 0.25) is 15.9 Å². The third-order valence-electron chi connectivity index (χ3n) is 4.41. The van der Waals surface area contributed by atoms with Crippen LogP contribution in [0.1, 0.15) is 25.7 Å². The molecule has 6 nitrogen and oxygen atoms in total. The monoisotopic (exact) mass is 485 g/mol. The van der Waals surface area contributed by atoms with Crippen LogP contribution in [0.4, 0.5) is 0 Å². The van der Waals surface area contributed by atoms with Gasteiger partial charge in [-0.2, -0.15) is 0 Å². The molecular formula is C16H22BrCl2N3O3S. The van der Waals surface area contributed by atoms with Crippen molar-refractivity contribution >= 4 is 55.1 Å². The lowest BCUT2D eigenvalue weighted by molar-refractivity contribution is -0.123. The number of rotatable bonds is 8. The van der Waals surface area contributed by atoms with Crippen LogP contribution in [0.3, 0.4) is 0 Å². The van der Waals surface area contributed by atoms with E-state index < -0.39 is 10.0 Å². The molecule has 1 aromatic rings. The Labute approximate surface area is 172 Å². The highest BCUT2D eigenvalue weighted by Crippen LogP contribution is 2.32. The van der Waals surface area contributed by atoms with Crippen LogP contribution in [0, 0.1) is 5.92 Å². The van der Waals surface area contributed by atoms with Gasteiger partial charge in [-0.15, -0.1) is 0 Å². The number of sulfonamides is 1. The van der Waals surface area contributed by atoms with Gasteiger partial charge in [0.1, 0.15) is 4.90 Å². The largest absolute Gasteiger partial charge is 0.369 e. The van der Waals surface area contributed by atoms with Crippen molar-refractivity contribution in [2.45, 2.75) is 30.6 Å². The van der Waals surface area contributed by atoms with Gasteiger partial charge in [-0.25, -0.2) is 13.1 Å². The highest BCUT2D eigenvalue weighted by Gasteiger charge is 2.23. The van der Waals surface area contributed by atoms with Crippen LogP contribution in [-0.2, 0) is 14.8 Å². The summed E-state index contributed by atoms with van der Waals surface area (Å²) >= 11 is 15.3. The molecule has 0 radical (unpaired) electrons. The molecule has 1 heterocycles. The molecule has 0 spiro atoms. The molecule has 3 N–H and O–H groups in total. The van der Waals surface area contributed by atoms with Crippen LogP contribution in [0.5, 0.6) is 0 Å². The fourth-order valence-electron chi connectivity index (χ4n) is 2.97. The Bertz CT molecular complexity index is 730. The molecule has 0 saturated carbocycles. The first kappa shape index (κ1) is 21.9. The number of nitrogens with zero attached hydrogens (tertiary/aromatic N) is 1. The van der Waals surface area contributed by atoms with Gasteiger partial charge < -0.3 is 10.6 Å². The zero-order valence-electron chi connectivity index (χ0n) is 14.2. The number of hydrogen-bond donors (Lipinski definition) is 2. The van der Waals surface area contributed by atoms with Crippen molar-refractivity contribution in [3.05, 3.63) is 26.7 Å². The molecule has 1 aromatic carbocycles. The SMILES string of the molecule is NC(=O)C1CCN(CCCCNS(=O)(=O)c2c(Cl)cc(Br)cc2Cl)CC1. The van der Waals surface area contributed by atoms with Gasteiger partial charge in [0.25, 0.3) is 0 Å². The van der Waals surface area contributed by atoms with E-state index in [-0.39, 0.29) is 26.8 Å². The molecule has 1 amide bonds. The first-order valence-corrected chi connectivity index (χ1v) is 11.4. The van der Waals surface area contributed by atoms with Crippen molar-refractivity contribution in [1.29, 1.82) is 0 Å². The maximum atomic E-state index is 12.4. The minimum Gasteiger partial charge on any atom is -0.369 e. The summed E-state index contributed by atoms with van der Waals surface area (Å²) in [4.78, 5) is 13.3. The Kier molecular flexibility index (Phi) is 8.18. The van der Waals surface area contributed by atoms with Crippen molar-refractivity contribution in [2.24, 2.45) is 11.7 Å². The van der Waals surface area contributed by atoms with Crippen LogP contribution >= 0.6 is 39.1 Å². The maximum Gasteiger partial charge on any atom is 0.243 e. The molecule has 2 rings (SSSR count). The maximum absolute atomic E-state index is 12.4. The van der Waals surface area contributed by atoms with Crippen LogP contribution < -0.4 is 10.5 Å². The molecule has 0 unspecified atom stereocenters. The predicted octanol–water partition coefficient (Wildman–Crippen LogP) is 3.01. The van der Waals surface area contributed by atoms with Gasteiger partial charge in [0, 0.05) is 16.9 Å². The van der Waals surface area contributed by atoms with E-state index in [0.29, 0.717) is 17.4 Å². The Balaban J connectivity index is 1.75. The van der Waals surface area contributed by atoms with Crippen LogP contribution in [0.2, 0.25) is 10.0 Å². The van der Waals surface area contributed by atoms with Gasteiger partial charge in [-0.3, -0.25) is 4.79 Å². The van der Waals surface area contributed by atoms with Crippen molar-refractivity contribution < 1.29 is 13.2 Å². The van der Waals surface area contributed by atoms with Crippen LogP contribution in [0.25, 0.3) is 0 Å². The van der Waals surface area contributed by atoms with Crippen molar-refractivity contribution in [2.75, 3.05) is 26.2 Å². The Morgan fingerprint density at radius 3 is 2.35 bits per heavy atom. The standard InChI is InChI=1S/C16H22BrCl2N3O3S/c17-12-9-13(18)15(14(19)10-12)26(24,25)21-5-1-2-6-22-7-3-11(4-8-22)16(20)23/h9-11,21H,1-8H2,(H2,20,23). The quantitative estimate of drug-likeness (QED) is 0.552. The van der Waals surface area contributed by atoms with Crippen molar-refractivity contribution in [1.82, 2.24) is 9.62 Å². The molecule has 1 fully saturated rings. The zero-order valence-corrected chi connectivity index (χ0v) is 18.1. The van der Waals surface area contributed by atoms with Crippen LogP contribution in [-0.4, -0.2) is 45.4 Å². The van der Waals surface area contributed by atoms with Crippen LogP contribution in [0.15, 0.2) is 21.5 Å². The number of hydrogen-bond acceptors (Lipinski definition) is 4. The van der Waals surface area contributed by atoms with Gasteiger partial charge in [0.05, 0.1) is 10.0 Å². The summed E-state index contributed by atoms with van der Waals surface area (Å²) in [5.41, 5.74) is 5.33. The number of nitrogens with two attached hydrogens (primary N) is 1. The minimum atomic E-state index is -3.76.